The Hall–Kier alpha value is -2.56. The fourth-order valence-corrected chi connectivity index (χ4v) is 4.10. The summed E-state index contributed by atoms with van der Waals surface area (Å²) in [4.78, 5) is 52.7. The Morgan fingerprint density at radius 2 is 1.94 bits per heavy atom. The Labute approximate surface area is 207 Å². The summed E-state index contributed by atoms with van der Waals surface area (Å²) in [5, 5.41) is 18.3. The molecule has 194 valence electrons. The van der Waals surface area contributed by atoms with Gasteiger partial charge in [0.05, 0.1) is 6.42 Å². The molecule has 0 aromatic heterocycles. The molecule has 34 heavy (non-hydrogen) atoms. The van der Waals surface area contributed by atoms with Crippen LogP contribution in [0.4, 0.5) is 0 Å². The molecular formula is C22H39ClN6O5. The number of hydrazone groups is 1. The summed E-state index contributed by atoms with van der Waals surface area (Å²) in [7, 11) is 0. The normalized spacial score (nSPS) is 18.6. The third-order valence-corrected chi connectivity index (χ3v) is 5.97. The average Bonchev–Trinajstić information content (AvgIpc) is 3.61. The standard InChI is InChI=1S/C22H38N6O5.ClH/c1-2-3-4-7-19(29)26-18(22(33)28(14-21(31)32)17-8-9-17)11-20(30)24-12-16-6-5-10-27(13-16)15-25-23;/h15-18H,2-14,23H2,1H3,(H,24,30)(H,26,29)(H,31,32);1H/t16-,18-;/m0./s1. The van der Waals surface area contributed by atoms with Gasteiger partial charge in [-0.15, -0.1) is 12.4 Å². The maximum atomic E-state index is 13.1. The van der Waals surface area contributed by atoms with Gasteiger partial charge in [-0.2, -0.15) is 5.10 Å². The van der Waals surface area contributed by atoms with Crippen LogP contribution >= 0.6 is 12.4 Å². The number of hydrogen-bond donors (Lipinski definition) is 4. The molecule has 0 aromatic carbocycles. The lowest BCUT2D eigenvalue weighted by Crippen LogP contribution is -2.52. The fourth-order valence-electron chi connectivity index (χ4n) is 4.10. The van der Waals surface area contributed by atoms with E-state index in [9.17, 15) is 24.3 Å². The highest BCUT2D eigenvalue weighted by Crippen LogP contribution is 2.27. The molecule has 2 rings (SSSR count). The number of carboxylic acid groups (broad SMARTS) is 1. The summed E-state index contributed by atoms with van der Waals surface area (Å²) < 4.78 is 0. The molecule has 0 aromatic rings. The number of amides is 3. The van der Waals surface area contributed by atoms with Crippen molar-refractivity contribution in [1.82, 2.24) is 20.4 Å². The maximum absolute atomic E-state index is 13.1. The van der Waals surface area contributed by atoms with Crippen LogP contribution in [0.2, 0.25) is 0 Å². The minimum Gasteiger partial charge on any atom is -0.480 e. The van der Waals surface area contributed by atoms with E-state index < -0.39 is 24.5 Å². The van der Waals surface area contributed by atoms with Gasteiger partial charge in [0.15, 0.2) is 0 Å². The molecule has 0 spiro atoms. The molecule has 1 aliphatic carbocycles. The van der Waals surface area contributed by atoms with E-state index in [1.54, 1.807) is 6.34 Å². The Bertz CT molecular complexity index is 718. The van der Waals surface area contributed by atoms with Crippen molar-refractivity contribution in [2.75, 3.05) is 26.2 Å². The zero-order valence-electron chi connectivity index (χ0n) is 19.9. The Morgan fingerprint density at radius 3 is 2.56 bits per heavy atom. The molecule has 11 nitrogen and oxygen atoms in total. The molecule has 2 atom stereocenters. The summed E-state index contributed by atoms with van der Waals surface area (Å²) in [6.07, 6.45) is 7.57. The van der Waals surface area contributed by atoms with Gasteiger partial charge in [0, 0.05) is 32.1 Å². The number of nitrogens with zero attached hydrogens (tertiary/aromatic N) is 3. The number of piperidine rings is 1. The van der Waals surface area contributed by atoms with Crippen molar-refractivity contribution < 1.29 is 24.3 Å². The Balaban J connectivity index is 0.00000578. The molecule has 2 fully saturated rings. The topological polar surface area (TPSA) is 157 Å². The number of aliphatic carboxylic acids is 1. The van der Waals surface area contributed by atoms with Crippen LogP contribution in [-0.4, -0.2) is 83.2 Å². The number of hydrogen-bond acceptors (Lipinski definition) is 6. The molecule has 1 saturated carbocycles. The lowest BCUT2D eigenvalue weighted by molar-refractivity contribution is -0.146. The average molecular weight is 503 g/mol. The van der Waals surface area contributed by atoms with Crippen molar-refractivity contribution in [3.05, 3.63) is 0 Å². The van der Waals surface area contributed by atoms with E-state index in [4.69, 9.17) is 5.84 Å². The van der Waals surface area contributed by atoms with Crippen molar-refractivity contribution in [2.24, 2.45) is 16.9 Å². The third kappa shape index (κ3) is 10.6. The molecule has 5 N–H and O–H groups in total. The smallest absolute Gasteiger partial charge is 0.323 e. The predicted molar refractivity (Wildman–Crippen MR) is 130 cm³/mol. The number of carbonyl (C=O) groups is 4. The number of carbonyl (C=O) groups excluding carboxylic acids is 3. The molecule has 1 heterocycles. The number of likely N-dealkylation sites (tertiary alicyclic amines) is 1. The number of rotatable bonds is 14. The van der Waals surface area contributed by atoms with E-state index in [0.29, 0.717) is 13.0 Å². The van der Waals surface area contributed by atoms with E-state index in [1.807, 2.05) is 11.8 Å². The molecule has 12 heteroatoms. The van der Waals surface area contributed by atoms with Crippen molar-refractivity contribution in [3.8, 4) is 0 Å². The summed E-state index contributed by atoms with van der Waals surface area (Å²) in [5.74, 6) is 3.17. The van der Waals surface area contributed by atoms with Crippen LogP contribution in [0.1, 0.15) is 64.7 Å². The minimum atomic E-state index is -1.12. The van der Waals surface area contributed by atoms with Gasteiger partial charge >= 0.3 is 5.97 Å². The fraction of sp³-hybridized carbons (Fsp3) is 0.773. The van der Waals surface area contributed by atoms with Gasteiger partial charge in [-0.1, -0.05) is 19.8 Å². The first-order valence-corrected chi connectivity index (χ1v) is 11.9. The van der Waals surface area contributed by atoms with Gasteiger partial charge in [-0.05, 0) is 38.0 Å². The molecular weight excluding hydrogens is 464 g/mol. The predicted octanol–water partition coefficient (Wildman–Crippen LogP) is 0.669. The number of nitrogens with two attached hydrogens (primary N) is 1. The van der Waals surface area contributed by atoms with Crippen LogP contribution in [0.5, 0.6) is 0 Å². The lowest BCUT2D eigenvalue weighted by Gasteiger charge is -2.31. The van der Waals surface area contributed by atoms with E-state index in [0.717, 1.165) is 51.6 Å². The summed E-state index contributed by atoms with van der Waals surface area (Å²) in [6.45, 7) is 3.63. The summed E-state index contributed by atoms with van der Waals surface area (Å²) in [5.41, 5.74) is 0. The number of carboxylic acids is 1. The molecule has 0 radical (unpaired) electrons. The highest BCUT2D eigenvalue weighted by molar-refractivity contribution is 5.93. The summed E-state index contributed by atoms with van der Waals surface area (Å²) in [6, 6.07) is -1.22. The zero-order chi connectivity index (χ0) is 24.2. The van der Waals surface area contributed by atoms with Crippen LogP contribution in [0.25, 0.3) is 0 Å². The van der Waals surface area contributed by atoms with Crippen molar-refractivity contribution in [1.29, 1.82) is 0 Å². The van der Waals surface area contributed by atoms with Gasteiger partial charge in [0.25, 0.3) is 0 Å². The van der Waals surface area contributed by atoms with Crippen LogP contribution < -0.4 is 16.5 Å². The molecule has 2 aliphatic rings. The second-order valence-corrected chi connectivity index (χ2v) is 8.94. The molecule has 3 amide bonds. The minimum absolute atomic E-state index is 0. The largest absolute Gasteiger partial charge is 0.480 e. The highest BCUT2D eigenvalue weighted by atomic mass is 35.5. The van der Waals surface area contributed by atoms with E-state index in [1.165, 1.54) is 4.90 Å². The van der Waals surface area contributed by atoms with E-state index in [2.05, 4.69) is 15.7 Å². The quantitative estimate of drug-likeness (QED) is 0.0893. The number of halogens is 1. The van der Waals surface area contributed by atoms with Gasteiger partial charge in [0.1, 0.15) is 18.9 Å². The monoisotopic (exact) mass is 502 g/mol. The first-order valence-electron chi connectivity index (χ1n) is 11.9. The van der Waals surface area contributed by atoms with Crippen LogP contribution in [0.15, 0.2) is 5.10 Å². The molecule has 0 bridgehead atoms. The zero-order valence-corrected chi connectivity index (χ0v) is 20.7. The Morgan fingerprint density at radius 1 is 1.21 bits per heavy atom. The lowest BCUT2D eigenvalue weighted by atomic mass is 9.98. The second-order valence-electron chi connectivity index (χ2n) is 8.94. The van der Waals surface area contributed by atoms with E-state index >= 15 is 0 Å². The van der Waals surface area contributed by atoms with Crippen LogP contribution in [0, 0.1) is 5.92 Å². The second kappa shape index (κ2) is 15.4. The van der Waals surface area contributed by atoms with Crippen molar-refractivity contribution in [2.45, 2.75) is 76.8 Å². The maximum Gasteiger partial charge on any atom is 0.323 e. The molecule has 1 saturated heterocycles. The first kappa shape index (κ1) is 29.5. The number of nitrogens with one attached hydrogen (secondary N) is 2. The van der Waals surface area contributed by atoms with Gasteiger partial charge in [-0.3, -0.25) is 19.2 Å². The van der Waals surface area contributed by atoms with Gasteiger partial charge in [-0.25, -0.2) is 0 Å². The first-order chi connectivity index (χ1) is 15.8. The van der Waals surface area contributed by atoms with Gasteiger partial charge in [0.2, 0.25) is 17.7 Å². The van der Waals surface area contributed by atoms with Crippen molar-refractivity contribution in [3.63, 3.8) is 0 Å². The van der Waals surface area contributed by atoms with Crippen molar-refractivity contribution >= 4 is 42.4 Å². The van der Waals surface area contributed by atoms with Crippen LogP contribution in [0.3, 0.4) is 0 Å². The SMILES string of the molecule is CCCCCC(=O)N[C@@H](CC(=O)NC[C@@H]1CCCN(C=NN)C1)C(=O)N(CC(=O)O)C1CC1.Cl. The van der Waals surface area contributed by atoms with Gasteiger partial charge < -0.3 is 31.4 Å². The highest BCUT2D eigenvalue weighted by Gasteiger charge is 2.38. The molecule has 0 unspecified atom stereocenters. The Kier molecular flexibility index (Phi) is 13.3. The number of unbranched alkanes of at least 4 members (excludes halogenated alkanes) is 2. The molecule has 1 aliphatic heterocycles. The summed E-state index contributed by atoms with van der Waals surface area (Å²) >= 11 is 0. The van der Waals surface area contributed by atoms with E-state index in [-0.39, 0.29) is 49.0 Å². The van der Waals surface area contributed by atoms with Crippen LogP contribution in [-0.2, 0) is 19.2 Å². The third-order valence-electron chi connectivity index (χ3n) is 5.97.